The first-order valence-corrected chi connectivity index (χ1v) is 9.85. The predicted octanol–water partition coefficient (Wildman–Crippen LogP) is 4.01. The molecule has 0 spiro atoms. The molecule has 146 valence electrons. The molecule has 1 unspecified atom stereocenters. The third kappa shape index (κ3) is 3.49. The largest absolute Gasteiger partial charge is 0.325 e. The zero-order valence-corrected chi connectivity index (χ0v) is 17.2. The van der Waals surface area contributed by atoms with Crippen molar-refractivity contribution in [2.75, 3.05) is 11.9 Å². The molecular formula is C22H18BrN3O3. The van der Waals surface area contributed by atoms with Gasteiger partial charge in [-0.2, -0.15) is 0 Å². The van der Waals surface area contributed by atoms with Crippen LogP contribution in [0.25, 0.3) is 10.8 Å². The molecule has 0 radical (unpaired) electrons. The van der Waals surface area contributed by atoms with Gasteiger partial charge in [-0.25, -0.2) is 4.79 Å². The van der Waals surface area contributed by atoms with Crippen LogP contribution in [0.3, 0.4) is 0 Å². The van der Waals surface area contributed by atoms with E-state index in [2.05, 4.69) is 26.6 Å². The molecule has 7 heteroatoms. The maximum absolute atomic E-state index is 13.2. The van der Waals surface area contributed by atoms with Crippen LogP contribution in [0.5, 0.6) is 0 Å². The van der Waals surface area contributed by atoms with Crippen LogP contribution in [0, 0.1) is 0 Å². The maximum Gasteiger partial charge on any atom is 0.325 e. The molecule has 2 N–H and O–H groups in total. The highest BCUT2D eigenvalue weighted by Crippen LogP contribution is 2.33. The predicted molar refractivity (Wildman–Crippen MR) is 114 cm³/mol. The van der Waals surface area contributed by atoms with E-state index in [9.17, 15) is 14.4 Å². The fraction of sp³-hybridized carbons (Fsp3) is 0.136. The van der Waals surface area contributed by atoms with Crippen LogP contribution in [0.1, 0.15) is 12.5 Å². The summed E-state index contributed by atoms with van der Waals surface area (Å²) in [6, 6.07) is 19.8. The van der Waals surface area contributed by atoms with Gasteiger partial charge in [-0.15, -0.1) is 0 Å². The van der Waals surface area contributed by atoms with Gasteiger partial charge in [0, 0.05) is 10.2 Å². The second-order valence-electron chi connectivity index (χ2n) is 7.03. The number of urea groups is 1. The van der Waals surface area contributed by atoms with E-state index in [1.165, 1.54) is 0 Å². The number of anilines is 1. The lowest BCUT2D eigenvalue weighted by molar-refractivity contribution is -0.133. The molecule has 0 bridgehead atoms. The first kappa shape index (κ1) is 19.1. The lowest BCUT2D eigenvalue weighted by Crippen LogP contribution is -2.42. The minimum Gasteiger partial charge on any atom is -0.325 e. The first-order chi connectivity index (χ1) is 13.9. The fourth-order valence-corrected chi connectivity index (χ4v) is 3.83. The van der Waals surface area contributed by atoms with Gasteiger partial charge < -0.3 is 10.6 Å². The van der Waals surface area contributed by atoms with Crippen molar-refractivity contribution in [2.45, 2.75) is 12.5 Å². The number of nitrogens with zero attached hydrogens (tertiary/aromatic N) is 1. The van der Waals surface area contributed by atoms with E-state index < -0.39 is 23.4 Å². The maximum atomic E-state index is 13.2. The van der Waals surface area contributed by atoms with E-state index in [-0.39, 0.29) is 6.54 Å². The van der Waals surface area contributed by atoms with Crippen molar-refractivity contribution in [1.29, 1.82) is 0 Å². The van der Waals surface area contributed by atoms with Crippen molar-refractivity contribution < 1.29 is 14.4 Å². The molecule has 1 heterocycles. The molecule has 1 saturated heterocycles. The Morgan fingerprint density at radius 1 is 1.03 bits per heavy atom. The zero-order valence-electron chi connectivity index (χ0n) is 15.6. The number of imide groups is 1. The van der Waals surface area contributed by atoms with Crippen LogP contribution in [0.15, 0.2) is 71.2 Å². The minimum atomic E-state index is -1.24. The third-order valence-electron chi connectivity index (χ3n) is 5.03. The summed E-state index contributed by atoms with van der Waals surface area (Å²) in [6.07, 6.45) is 0. The summed E-state index contributed by atoms with van der Waals surface area (Å²) in [7, 11) is 0. The Balaban J connectivity index is 1.58. The van der Waals surface area contributed by atoms with Crippen LogP contribution < -0.4 is 10.6 Å². The average Bonchev–Trinajstić information content (AvgIpc) is 2.93. The first-order valence-electron chi connectivity index (χ1n) is 9.06. The number of carbonyl (C=O) groups is 3. The number of carbonyl (C=O) groups excluding carboxylic acids is 3. The molecule has 0 aromatic heterocycles. The van der Waals surface area contributed by atoms with Gasteiger partial charge in [0.05, 0.1) is 0 Å². The molecule has 0 aliphatic carbocycles. The van der Waals surface area contributed by atoms with Gasteiger partial charge in [0.2, 0.25) is 5.91 Å². The summed E-state index contributed by atoms with van der Waals surface area (Å²) >= 11 is 3.33. The quantitative estimate of drug-likeness (QED) is 0.588. The Labute approximate surface area is 176 Å². The van der Waals surface area contributed by atoms with E-state index in [0.717, 1.165) is 20.1 Å². The van der Waals surface area contributed by atoms with Crippen molar-refractivity contribution in [1.82, 2.24) is 10.2 Å². The Morgan fingerprint density at radius 3 is 2.48 bits per heavy atom. The Hall–Kier alpha value is -3.19. The van der Waals surface area contributed by atoms with Crippen molar-refractivity contribution in [3.8, 4) is 0 Å². The highest BCUT2D eigenvalue weighted by molar-refractivity contribution is 9.10. The van der Waals surface area contributed by atoms with Gasteiger partial charge in [0.15, 0.2) is 0 Å². The van der Waals surface area contributed by atoms with Gasteiger partial charge in [0.1, 0.15) is 12.1 Å². The number of hydrogen-bond donors (Lipinski definition) is 2. The number of fused-ring (bicyclic) bond motifs is 1. The lowest BCUT2D eigenvalue weighted by atomic mass is 9.88. The number of halogens is 1. The molecule has 1 aliphatic rings. The van der Waals surface area contributed by atoms with Crippen LogP contribution in [-0.4, -0.2) is 29.3 Å². The second-order valence-corrected chi connectivity index (χ2v) is 7.94. The standard InChI is InChI=1S/C22H18BrN3O3/c1-22(18-8-4-6-14-5-2-3-7-17(14)18)20(28)26(21(29)25-22)13-19(27)24-16-11-9-15(23)10-12-16/h2-12H,13H2,1H3,(H,24,27)(H,25,29). The minimum absolute atomic E-state index is 0.360. The van der Waals surface area contributed by atoms with E-state index in [1.807, 2.05) is 42.5 Å². The summed E-state index contributed by atoms with van der Waals surface area (Å²) in [6.45, 7) is 1.31. The third-order valence-corrected chi connectivity index (χ3v) is 5.56. The summed E-state index contributed by atoms with van der Waals surface area (Å²) in [5.74, 6) is -0.900. The average molecular weight is 452 g/mol. The highest BCUT2D eigenvalue weighted by Gasteiger charge is 2.50. The number of rotatable bonds is 4. The molecule has 1 aliphatic heterocycles. The van der Waals surface area contributed by atoms with Crippen molar-refractivity contribution in [2.24, 2.45) is 0 Å². The Bertz CT molecular complexity index is 1120. The SMILES string of the molecule is CC1(c2cccc3ccccc23)NC(=O)N(CC(=O)Nc2ccc(Br)cc2)C1=O. The number of benzene rings is 3. The van der Waals surface area contributed by atoms with Crippen molar-refractivity contribution in [3.05, 3.63) is 76.8 Å². The van der Waals surface area contributed by atoms with Gasteiger partial charge in [0.25, 0.3) is 5.91 Å². The normalized spacial score (nSPS) is 18.8. The van der Waals surface area contributed by atoms with Crippen LogP contribution >= 0.6 is 15.9 Å². The molecule has 0 saturated carbocycles. The highest BCUT2D eigenvalue weighted by atomic mass is 79.9. The molecule has 6 nitrogen and oxygen atoms in total. The van der Waals surface area contributed by atoms with E-state index in [1.54, 1.807) is 31.2 Å². The lowest BCUT2D eigenvalue weighted by Gasteiger charge is -2.24. The van der Waals surface area contributed by atoms with Gasteiger partial charge in [-0.3, -0.25) is 14.5 Å². The molecule has 3 aromatic rings. The fourth-order valence-electron chi connectivity index (χ4n) is 3.56. The number of hydrogen-bond acceptors (Lipinski definition) is 3. The van der Waals surface area contributed by atoms with Gasteiger partial charge in [-0.1, -0.05) is 58.4 Å². The van der Waals surface area contributed by atoms with E-state index >= 15 is 0 Å². The van der Waals surface area contributed by atoms with Crippen LogP contribution in [-0.2, 0) is 15.1 Å². The molecule has 4 amide bonds. The molecule has 1 fully saturated rings. The molecule has 29 heavy (non-hydrogen) atoms. The zero-order chi connectivity index (χ0) is 20.6. The Morgan fingerprint density at radius 2 is 1.72 bits per heavy atom. The summed E-state index contributed by atoms with van der Waals surface area (Å²) < 4.78 is 0.885. The summed E-state index contributed by atoms with van der Waals surface area (Å²) in [5.41, 5.74) is 0.0439. The molecule has 4 rings (SSSR count). The van der Waals surface area contributed by atoms with E-state index in [0.29, 0.717) is 11.3 Å². The summed E-state index contributed by atoms with van der Waals surface area (Å²) in [5, 5.41) is 7.32. The smallest absolute Gasteiger partial charge is 0.325 e. The topological polar surface area (TPSA) is 78.5 Å². The van der Waals surface area contributed by atoms with Gasteiger partial charge in [-0.05, 0) is 47.5 Å². The number of nitrogens with one attached hydrogen (secondary N) is 2. The van der Waals surface area contributed by atoms with Crippen LogP contribution in [0.4, 0.5) is 10.5 Å². The van der Waals surface area contributed by atoms with Crippen molar-refractivity contribution in [3.63, 3.8) is 0 Å². The Kier molecular flexibility index (Phi) is 4.84. The number of amides is 4. The molecule has 1 atom stereocenters. The van der Waals surface area contributed by atoms with Crippen LogP contribution in [0.2, 0.25) is 0 Å². The van der Waals surface area contributed by atoms with E-state index in [4.69, 9.17) is 0 Å². The van der Waals surface area contributed by atoms with Crippen molar-refractivity contribution >= 4 is 50.2 Å². The summed E-state index contributed by atoms with van der Waals surface area (Å²) in [4.78, 5) is 39.1. The molecule has 3 aromatic carbocycles. The van der Waals surface area contributed by atoms with Gasteiger partial charge >= 0.3 is 6.03 Å². The second kappa shape index (κ2) is 7.33. The molecular weight excluding hydrogens is 434 g/mol. The monoisotopic (exact) mass is 451 g/mol.